The van der Waals surface area contributed by atoms with Crippen LogP contribution < -0.4 is 10.2 Å². The van der Waals surface area contributed by atoms with Gasteiger partial charge in [0.2, 0.25) is 0 Å². The van der Waals surface area contributed by atoms with Crippen LogP contribution >= 0.6 is 34.5 Å². The zero-order valence-corrected chi connectivity index (χ0v) is 17.8. The van der Waals surface area contributed by atoms with Gasteiger partial charge in [0, 0.05) is 17.1 Å². The summed E-state index contributed by atoms with van der Waals surface area (Å²) in [5, 5.41) is 5.47. The molecule has 4 rings (SSSR count). The molecule has 0 atom stereocenters. The molecule has 0 saturated carbocycles. The van der Waals surface area contributed by atoms with Gasteiger partial charge in [-0.2, -0.15) is 0 Å². The molecule has 4 nitrogen and oxygen atoms in total. The monoisotopic (exact) mass is 444 g/mol. The quantitative estimate of drug-likeness (QED) is 0.515. The van der Waals surface area contributed by atoms with Gasteiger partial charge in [-0.3, -0.25) is 9.59 Å². The van der Waals surface area contributed by atoms with Crippen molar-refractivity contribution in [1.82, 2.24) is 0 Å². The number of thiophene rings is 1. The van der Waals surface area contributed by atoms with Gasteiger partial charge < -0.3 is 10.2 Å². The topological polar surface area (TPSA) is 49.4 Å². The summed E-state index contributed by atoms with van der Waals surface area (Å²) in [5.41, 5.74) is 2.27. The maximum atomic E-state index is 13.2. The number of rotatable bonds is 3. The summed E-state index contributed by atoms with van der Waals surface area (Å²) in [6.07, 6.45) is 3.02. The van der Waals surface area contributed by atoms with Crippen LogP contribution in [0.25, 0.3) is 0 Å². The van der Waals surface area contributed by atoms with Crippen LogP contribution in [0.3, 0.4) is 0 Å². The number of hydrogen-bond donors (Lipinski definition) is 1. The number of halogens is 2. The molecule has 1 N–H and O–H groups in total. The second-order valence-corrected chi connectivity index (χ2v) is 8.59. The number of amides is 2. The number of nitrogens with one attached hydrogen (secondary N) is 1. The SMILES string of the molecule is O=C(Nc1ccc(C(=O)N2CCCCc3sccc32)c(Cl)c1)c1ccccc1Cl. The van der Waals surface area contributed by atoms with Crippen molar-refractivity contribution < 1.29 is 9.59 Å². The van der Waals surface area contributed by atoms with Gasteiger partial charge in [0.05, 0.1) is 26.9 Å². The second-order valence-electron chi connectivity index (χ2n) is 6.77. The molecule has 148 valence electrons. The molecule has 3 aromatic rings. The van der Waals surface area contributed by atoms with E-state index >= 15 is 0 Å². The molecule has 0 saturated heterocycles. The van der Waals surface area contributed by atoms with Crippen LogP contribution in [0.2, 0.25) is 10.0 Å². The molecular weight excluding hydrogens is 427 g/mol. The lowest BCUT2D eigenvalue weighted by molar-refractivity contribution is 0.0986. The lowest BCUT2D eigenvalue weighted by Gasteiger charge is -2.22. The van der Waals surface area contributed by atoms with Gasteiger partial charge in [-0.1, -0.05) is 35.3 Å². The molecule has 29 heavy (non-hydrogen) atoms. The Bertz CT molecular complexity index is 1080. The lowest BCUT2D eigenvalue weighted by atomic mass is 10.1. The van der Waals surface area contributed by atoms with Crippen molar-refractivity contribution in [2.24, 2.45) is 0 Å². The van der Waals surface area contributed by atoms with Crippen molar-refractivity contribution in [3.8, 4) is 0 Å². The number of hydrogen-bond acceptors (Lipinski definition) is 3. The molecule has 2 amide bonds. The molecule has 1 aliphatic heterocycles. The van der Waals surface area contributed by atoms with Crippen LogP contribution in [0.15, 0.2) is 53.9 Å². The van der Waals surface area contributed by atoms with E-state index in [1.54, 1.807) is 53.8 Å². The molecule has 0 spiro atoms. The third-order valence-electron chi connectivity index (χ3n) is 4.87. The maximum Gasteiger partial charge on any atom is 0.259 e. The highest BCUT2D eigenvalue weighted by atomic mass is 35.5. The molecule has 2 heterocycles. The first kappa shape index (κ1) is 20.0. The van der Waals surface area contributed by atoms with Crippen LogP contribution in [-0.2, 0) is 6.42 Å². The molecule has 0 fully saturated rings. The lowest BCUT2D eigenvalue weighted by Crippen LogP contribution is -2.31. The van der Waals surface area contributed by atoms with E-state index in [1.807, 2.05) is 16.3 Å². The Hall–Kier alpha value is -2.34. The molecule has 1 aliphatic rings. The van der Waals surface area contributed by atoms with Crippen molar-refractivity contribution >= 4 is 57.7 Å². The highest BCUT2D eigenvalue weighted by Crippen LogP contribution is 2.33. The molecule has 0 radical (unpaired) electrons. The molecule has 0 bridgehead atoms. The Labute approximate surface area is 183 Å². The first-order chi connectivity index (χ1) is 14.0. The number of aryl methyl sites for hydroxylation is 1. The van der Waals surface area contributed by atoms with Crippen molar-refractivity contribution in [1.29, 1.82) is 0 Å². The summed E-state index contributed by atoms with van der Waals surface area (Å²) in [6.45, 7) is 0.671. The van der Waals surface area contributed by atoms with E-state index in [9.17, 15) is 9.59 Å². The van der Waals surface area contributed by atoms with E-state index in [-0.39, 0.29) is 11.8 Å². The Balaban J connectivity index is 1.56. The van der Waals surface area contributed by atoms with Crippen molar-refractivity contribution in [2.45, 2.75) is 19.3 Å². The molecule has 2 aromatic carbocycles. The number of carbonyl (C=O) groups excluding carboxylic acids is 2. The Morgan fingerprint density at radius 3 is 2.59 bits per heavy atom. The van der Waals surface area contributed by atoms with E-state index in [4.69, 9.17) is 23.2 Å². The minimum Gasteiger partial charge on any atom is -0.322 e. The fourth-order valence-corrected chi connectivity index (χ4v) is 4.81. The molecule has 1 aromatic heterocycles. The number of carbonyl (C=O) groups is 2. The van der Waals surface area contributed by atoms with Gasteiger partial charge in [-0.05, 0) is 61.0 Å². The van der Waals surface area contributed by atoms with E-state index < -0.39 is 0 Å². The molecule has 0 aliphatic carbocycles. The zero-order chi connectivity index (χ0) is 20.4. The first-order valence-electron chi connectivity index (χ1n) is 9.28. The third-order valence-corrected chi connectivity index (χ3v) is 6.48. The second kappa shape index (κ2) is 8.57. The fraction of sp³-hybridized carbons (Fsp3) is 0.182. The maximum absolute atomic E-state index is 13.2. The normalized spacial score (nSPS) is 13.5. The van der Waals surface area contributed by atoms with Crippen LogP contribution in [0.1, 0.15) is 38.4 Å². The predicted molar refractivity (Wildman–Crippen MR) is 120 cm³/mol. The van der Waals surface area contributed by atoms with E-state index in [0.29, 0.717) is 33.4 Å². The van der Waals surface area contributed by atoms with Crippen molar-refractivity contribution in [3.05, 3.63) is 80.0 Å². The van der Waals surface area contributed by atoms with Crippen molar-refractivity contribution in [3.63, 3.8) is 0 Å². The van der Waals surface area contributed by atoms with Gasteiger partial charge in [-0.15, -0.1) is 11.3 Å². The highest BCUT2D eigenvalue weighted by Gasteiger charge is 2.25. The fourth-order valence-electron chi connectivity index (χ4n) is 3.40. The van der Waals surface area contributed by atoms with E-state index in [1.165, 1.54) is 4.88 Å². The highest BCUT2D eigenvalue weighted by molar-refractivity contribution is 7.10. The zero-order valence-electron chi connectivity index (χ0n) is 15.5. The molecular formula is C22H18Cl2N2O2S. The molecule has 0 unspecified atom stereocenters. The Morgan fingerprint density at radius 2 is 1.79 bits per heavy atom. The summed E-state index contributed by atoms with van der Waals surface area (Å²) >= 11 is 14.2. The van der Waals surface area contributed by atoms with Crippen LogP contribution in [0.5, 0.6) is 0 Å². The largest absolute Gasteiger partial charge is 0.322 e. The van der Waals surface area contributed by atoms with Crippen LogP contribution in [-0.4, -0.2) is 18.4 Å². The number of nitrogens with zero attached hydrogens (tertiary/aromatic N) is 1. The summed E-state index contributed by atoms with van der Waals surface area (Å²) in [6, 6.07) is 13.7. The van der Waals surface area contributed by atoms with E-state index in [0.717, 1.165) is 24.9 Å². The summed E-state index contributed by atoms with van der Waals surface area (Å²) in [4.78, 5) is 28.7. The van der Waals surface area contributed by atoms with Gasteiger partial charge in [0.15, 0.2) is 0 Å². The Kier molecular flexibility index (Phi) is 5.90. The van der Waals surface area contributed by atoms with Gasteiger partial charge >= 0.3 is 0 Å². The third kappa shape index (κ3) is 4.17. The first-order valence-corrected chi connectivity index (χ1v) is 10.9. The van der Waals surface area contributed by atoms with E-state index in [2.05, 4.69) is 5.32 Å². The standard InChI is InChI=1S/C22H18Cl2N2O2S/c23-17-6-2-1-5-15(17)21(27)25-14-8-9-16(18(24)13-14)22(28)26-11-4-3-7-20-19(26)10-12-29-20/h1-2,5-6,8-10,12-13H,3-4,7,11H2,(H,25,27). The predicted octanol–water partition coefficient (Wildman–Crippen LogP) is 6.29. The number of anilines is 2. The number of fused-ring (bicyclic) bond motifs is 1. The average molecular weight is 445 g/mol. The Morgan fingerprint density at radius 1 is 0.966 bits per heavy atom. The van der Waals surface area contributed by atoms with Gasteiger partial charge in [0.1, 0.15) is 0 Å². The molecule has 7 heteroatoms. The average Bonchev–Trinajstić information content (AvgIpc) is 3.07. The summed E-state index contributed by atoms with van der Waals surface area (Å²) in [5.74, 6) is -0.457. The minimum atomic E-state index is -0.332. The van der Waals surface area contributed by atoms with Gasteiger partial charge in [0.25, 0.3) is 11.8 Å². The van der Waals surface area contributed by atoms with Crippen LogP contribution in [0, 0.1) is 0 Å². The van der Waals surface area contributed by atoms with Gasteiger partial charge in [-0.25, -0.2) is 0 Å². The summed E-state index contributed by atoms with van der Waals surface area (Å²) < 4.78 is 0. The van der Waals surface area contributed by atoms with Crippen molar-refractivity contribution in [2.75, 3.05) is 16.8 Å². The van der Waals surface area contributed by atoms with Crippen LogP contribution in [0.4, 0.5) is 11.4 Å². The summed E-state index contributed by atoms with van der Waals surface area (Å²) in [7, 11) is 0. The minimum absolute atomic E-state index is 0.125. The smallest absolute Gasteiger partial charge is 0.259 e. The number of benzene rings is 2.